The van der Waals surface area contributed by atoms with Gasteiger partial charge in [-0.3, -0.25) is 4.79 Å². The molecule has 0 saturated carbocycles. The molecule has 1 amide bonds. The number of hydrogen-bond donors (Lipinski definition) is 1. The predicted octanol–water partition coefficient (Wildman–Crippen LogP) is 1.12. The van der Waals surface area contributed by atoms with Gasteiger partial charge in [-0.05, 0) is 12.8 Å². The van der Waals surface area contributed by atoms with E-state index in [0.717, 1.165) is 5.69 Å². The van der Waals surface area contributed by atoms with Crippen molar-refractivity contribution in [3.05, 3.63) is 16.1 Å². The lowest BCUT2D eigenvalue weighted by Gasteiger charge is -2.10. The van der Waals surface area contributed by atoms with Crippen molar-refractivity contribution in [2.24, 2.45) is 0 Å². The summed E-state index contributed by atoms with van der Waals surface area (Å²) in [7, 11) is -3.00. The zero-order valence-corrected chi connectivity index (χ0v) is 12.7. The van der Waals surface area contributed by atoms with Crippen molar-refractivity contribution in [3.8, 4) is 0 Å². The Kier molecular flexibility index (Phi) is 4.81. The number of alkyl halides is 1. The van der Waals surface area contributed by atoms with Gasteiger partial charge in [0.05, 0.1) is 29.0 Å². The van der Waals surface area contributed by atoms with E-state index in [1.165, 1.54) is 11.3 Å². The summed E-state index contributed by atoms with van der Waals surface area (Å²) in [5.41, 5.74) is 0.757. The Morgan fingerprint density at radius 1 is 1.58 bits per heavy atom. The number of aromatic nitrogens is 1. The molecule has 0 bridgehead atoms. The summed E-state index contributed by atoms with van der Waals surface area (Å²) >= 11 is 7.02. The highest BCUT2D eigenvalue weighted by molar-refractivity contribution is 7.92. The van der Waals surface area contributed by atoms with E-state index in [1.807, 2.05) is 5.38 Å². The van der Waals surface area contributed by atoms with Crippen LogP contribution in [0, 0.1) is 0 Å². The first-order chi connectivity index (χ1) is 9.01. The Morgan fingerprint density at radius 2 is 2.37 bits per heavy atom. The maximum atomic E-state index is 11.7. The monoisotopic (exact) mass is 322 g/mol. The minimum absolute atomic E-state index is 0.175. The summed E-state index contributed by atoms with van der Waals surface area (Å²) in [4.78, 5) is 15.9. The van der Waals surface area contributed by atoms with Crippen LogP contribution in [0.15, 0.2) is 5.38 Å². The highest BCUT2D eigenvalue weighted by atomic mass is 35.5. The third kappa shape index (κ3) is 3.90. The molecular formula is C11H15ClN2O3S2. The van der Waals surface area contributed by atoms with Crippen LogP contribution in [0.25, 0.3) is 0 Å². The van der Waals surface area contributed by atoms with Gasteiger partial charge in [0.15, 0.2) is 9.84 Å². The molecule has 19 heavy (non-hydrogen) atoms. The van der Waals surface area contributed by atoms with Crippen molar-refractivity contribution >= 4 is 38.7 Å². The second-order valence-corrected chi connectivity index (χ2v) is 8.09. The first-order valence-corrected chi connectivity index (χ1v) is 9.12. The van der Waals surface area contributed by atoms with Crippen molar-refractivity contribution in [1.29, 1.82) is 0 Å². The molecule has 1 unspecified atom stereocenters. The largest absolute Gasteiger partial charge is 0.354 e. The van der Waals surface area contributed by atoms with Crippen LogP contribution in [-0.4, -0.2) is 36.9 Å². The van der Waals surface area contributed by atoms with Crippen LogP contribution in [0.4, 0.5) is 0 Å². The van der Waals surface area contributed by atoms with Crippen LogP contribution in [0.2, 0.25) is 0 Å². The number of amides is 1. The smallest absolute Gasteiger partial charge is 0.226 e. The number of hydrogen-bond acceptors (Lipinski definition) is 5. The molecule has 1 N–H and O–H groups in total. The summed E-state index contributed by atoms with van der Waals surface area (Å²) in [6.07, 6.45) is 1.50. The van der Waals surface area contributed by atoms with Gasteiger partial charge in [0.25, 0.3) is 0 Å². The number of sulfone groups is 1. The van der Waals surface area contributed by atoms with Gasteiger partial charge in [0.1, 0.15) is 5.01 Å². The number of carbonyl (C=O) groups is 1. The Hall–Kier alpha value is -0.660. The molecule has 0 aromatic carbocycles. The van der Waals surface area contributed by atoms with Gasteiger partial charge in [-0.15, -0.1) is 22.9 Å². The molecule has 5 nitrogen and oxygen atoms in total. The molecule has 0 spiro atoms. The van der Waals surface area contributed by atoms with Crippen LogP contribution >= 0.6 is 22.9 Å². The van der Waals surface area contributed by atoms with Gasteiger partial charge in [0, 0.05) is 11.9 Å². The zero-order chi connectivity index (χ0) is 13.9. The summed E-state index contributed by atoms with van der Waals surface area (Å²) in [5.74, 6) is 0.370. The second-order valence-electron chi connectivity index (χ2n) is 4.48. The summed E-state index contributed by atoms with van der Waals surface area (Å²) in [6.45, 7) is 0.203. The summed E-state index contributed by atoms with van der Waals surface area (Å²) in [6, 6.07) is 0. The van der Waals surface area contributed by atoms with Crippen molar-refractivity contribution in [2.75, 3.05) is 12.3 Å². The fourth-order valence-corrected chi connectivity index (χ4v) is 4.79. The number of rotatable bonds is 5. The number of halogens is 1. The van der Waals surface area contributed by atoms with Crippen LogP contribution in [0.5, 0.6) is 0 Å². The van der Waals surface area contributed by atoms with E-state index in [1.54, 1.807) is 0 Å². The third-order valence-corrected chi connectivity index (χ3v) is 6.48. The van der Waals surface area contributed by atoms with E-state index < -0.39 is 15.1 Å². The van der Waals surface area contributed by atoms with Crippen molar-refractivity contribution < 1.29 is 13.2 Å². The molecular weight excluding hydrogens is 308 g/mol. The maximum absolute atomic E-state index is 11.7. The second kappa shape index (κ2) is 6.19. The Balaban J connectivity index is 1.82. The van der Waals surface area contributed by atoms with E-state index in [4.69, 9.17) is 11.6 Å². The summed E-state index contributed by atoms with van der Waals surface area (Å²) < 4.78 is 23.2. The lowest BCUT2D eigenvalue weighted by Crippen LogP contribution is -2.35. The van der Waals surface area contributed by atoms with Gasteiger partial charge in [-0.2, -0.15) is 0 Å². The average molecular weight is 323 g/mol. The molecule has 2 heterocycles. The molecule has 2 rings (SSSR count). The number of thiazole rings is 1. The normalized spacial score (nSPS) is 21.4. The predicted molar refractivity (Wildman–Crippen MR) is 75.2 cm³/mol. The highest BCUT2D eigenvalue weighted by Gasteiger charge is 2.31. The quantitative estimate of drug-likeness (QED) is 0.824. The molecule has 106 valence electrons. The van der Waals surface area contributed by atoms with Gasteiger partial charge in [0.2, 0.25) is 5.91 Å². The SMILES string of the molecule is O=C(Cc1nc(CCl)cs1)NCC1CCCS1(=O)=O. The lowest BCUT2D eigenvalue weighted by molar-refractivity contribution is -0.120. The molecule has 0 radical (unpaired) electrons. The third-order valence-electron chi connectivity index (χ3n) is 3.04. The minimum Gasteiger partial charge on any atom is -0.354 e. The fraction of sp³-hybridized carbons (Fsp3) is 0.636. The van der Waals surface area contributed by atoms with Crippen molar-refractivity contribution in [3.63, 3.8) is 0 Å². The Bertz CT molecular complexity index is 556. The van der Waals surface area contributed by atoms with E-state index >= 15 is 0 Å². The van der Waals surface area contributed by atoms with Crippen LogP contribution in [0.1, 0.15) is 23.5 Å². The van der Waals surface area contributed by atoms with E-state index in [9.17, 15) is 13.2 Å². The lowest BCUT2D eigenvalue weighted by atomic mass is 10.2. The van der Waals surface area contributed by atoms with E-state index in [2.05, 4.69) is 10.3 Å². The standard InChI is InChI=1S/C11H15ClN2O3S2/c12-5-8-7-18-11(14-8)4-10(15)13-6-9-2-1-3-19(9,16)17/h7,9H,1-6H2,(H,13,15). The first kappa shape index (κ1) is 14.7. The minimum atomic E-state index is -3.00. The van der Waals surface area contributed by atoms with Gasteiger partial charge < -0.3 is 5.32 Å². The number of nitrogens with one attached hydrogen (secondary N) is 1. The van der Waals surface area contributed by atoms with Crippen molar-refractivity contribution in [1.82, 2.24) is 10.3 Å². The fourth-order valence-electron chi connectivity index (χ4n) is 2.01. The maximum Gasteiger partial charge on any atom is 0.226 e. The molecule has 1 saturated heterocycles. The molecule has 8 heteroatoms. The van der Waals surface area contributed by atoms with Gasteiger partial charge in [-0.1, -0.05) is 0 Å². The average Bonchev–Trinajstić information content (AvgIpc) is 2.93. The molecule has 1 aliphatic rings. The van der Waals surface area contributed by atoms with Crippen LogP contribution in [0.3, 0.4) is 0 Å². The van der Waals surface area contributed by atoms with Gasteiger partial charge in [-0.25, -0.2) is 13.4 Å². The molecule has 1 atom stereocenters. The number of carbonyl (C=O) groups excluding carboxylic acids is 1. The van der Waals surface area contributed by atoms with E-state index in [-0.39, 0.29) is 24.6 Å². The molecule has 1 fully saturated rings. The van der Waals surface area contributed by atoms with Crippen LogP contribution < -0.4 is 5.32 Å². The molecule has 1 aromatic heterocycles. The van der Waals surface area contributed by atoms with Gasteiger partial charge >= 0.3 is 0 Å². The Morgan fingerprint density at radius 3 is 2.95 bits per heavy atom. The first-order valence-electron chi connectivity index (χ1n) is 5.99. The topological polar surface area (TPSA) is 76.1 Å². The zero-order valence-electron chi connectivity index (χ0n) is 10.3. The van der Waals surface area contributed by atoms with E-state index in [0.29, 0.717) is 23.7 Å². The Labute approximate surface area is 121 Å². The summed E-state index contributed by atoms with van der Waals surface area (Å²) in [5, 5.41) is 4.76. The van der Waals surface area contributed by atoms with Crippen molar-refractivity contribution in [2.45, 2.75) is 30.4 Å². The molecule has 0 aliphatic carbocycles. The van der Waals surface area contributed by atoms with Crippen LogP contribution in [-0.2, 0) is 26.9 Å². The molecule has 1 aromatic rings. The number of nitrogens with zero attached hydrogens (tertiary/aromatic N) is 1. The highest BCUT2D eigenvalue weighted by Crippen LogP contribution is 2.19. The molecule has 1 aliphatic heterocycles.